The molecule has 17 heavy (non-hydrogen) atoms. The maximum atomic E-state index is 11.3. The molecule has 0 unspecified atom stereocenters. The van der Waals surface area contributed by atoms with E-state index in [0.717, 1.165) is 31.5 Å². The average Bonchev–Trinajstić information content (AvgIpc) is 2.30. The van der Waals surface area contributed by atoms with Crippen molar-refractivity contribution in [3.8, 4) is 5.75 Å². The molecule has 90 valence electrons. The fraction of sp³-hybridized carbons (Fsp3) is 0.111. The Morgan fingerprint density at radius 3 is 2.88 bits per heavy atom. The lowest BCUT2D eigenvalue weighted by Gasteiger charge is -2.08. The van der Waals surface area contributed by atoms with Crippen LogP contribution in [0.4, 0.5) is 10.5 Å². The number of ether oxygens (including phenoxy) is 1. The van der Waals surface area contributed by atoms with Gasteiger partial charge in [0, 0.05) is 12.1 Å². The topological polar surface area (TPSA) is 117 Å². The molecule has 0 saturated heterocycles. The van der Waals surface area contributed by atoms with Gasteiger partial charge >= 0.3 is 6.09 Å². The van der Waals surface area contributed by atoms with Crippen molar-refractivity contribution < 1.29 is 19.6 Å². The second-order valence-corrected chi connectivity index (χ2v) is 2.84. The van der Waals surface area contributed by atoms with Crippen LogP contribution in [0, 0.1) is 10.1 Å². The van der Waals surface area contributed by atoms with Crippen LogP contribution in [0.25, 0.3) is 0 Å². The van der Waals surface area contributed by atoms with Gasteiger partial charge in [0.15, 0.2) is 0 Å². The molecule has 0 bridgehead atoms. The standard InChI is InChI=1S/C9H9N3O5/c1-17-9(14)11-10-5-6-4-7(12(15)16)2-3-8(6)13/h2-5,13H,1H3,(H,11,14)/p-1/b10-5-. The molecule has 0 atom stereocenters. The highest BCUT2D eigenvalue weighted by molar-refractivity contribution is 5.85. The number of hydrogen-bond donors (Lipinski definition) is 1. The first-order valence-electron chi connectivity index (χ1n) is 4.37. The predicted molar refractivity (Wildman–Crippen MR) is 55.7 cm³/mol. The molecular formula is C9H8N3O5-. The normalized spacial score (nSPS) is 10.2. The van der Waals surface area contributed by atoms with Crippen molar-refractivity contribution in [3.63, 3.8) is 0 Å². The average molecular weight is 238 g/mol. The van der Waals surface area contributed by atoms with Gasteiger partial charge in [-0.2, -0.15) is 5.10 Å². The smallest absolute Gasteiger partial charge is 0.427 e. The van der Waals surface area contributed by atoms with Crippen LogP contribution in [0.1, 0.15) is 5.56 Å². The summed E-state index contributed by atoms with van der Waals surface area (Å²) in [5.41, 5.74) is 1.72. The van der Waals surface area contributed by atoms with Crippen molar-refractivity contribution in [1.82, 2.24) is 5.43 Å². The molecule has 1 amide bonds. The number of nitrogens with one attached hydrogen (secondary N) is 1. The number of non-ortho nitro benzene ring substituents is 1. The predicted octanol–water partition coefficient (Wildman–Crippen LogP) is 0.358. The van der Waals surface area contributed by atoms with Gasteiger partial charge in [-0.25, -0.2) is 10.2 Å². The Morgan fingerprint density at radius 2 is 2.29 bits per heavy atom. The van der Waals surface area contributed by atoms with E-state index in [-0.39, 0.29) is 11.3 Å². The summed E-state index contributed by atoms with van der Waals surface area (Å²) in [6.45, 7) is 0. The number of nitrogens with zero attached hydrogens (tertiary/aromatic N) is 2. The van der Waals surface area contributed by atoms with Crippen LogP contribution < -0.4 is 10.5 Å². The highest BCUT2D eigenvalue weighted by Gasteiger charge is 2.05. The minimum atomic E-state index is -0.806. The quantitative estimate of drug-likeness (QED) is 0.463. The zero-order chi connectivity index (χ0) is 12.8. The van der Waals surface area contributed by atoms with E-state index in [4.69, 9.17) is 0 Å². The van der Waals surface area contributed by atoms with Gasteiger partial charge in [-0.1, -0.05) is 11.8 Å². The maximum Gasteiger partial charge on any atom is 0.427 e. The SMILES string of the molecule is COC(=O)N/N=C\c1cc([N+](=O)[O-])ccc1[O-]. The lowest BCUT2D eigenvalue weighted by molar-refractivity contribution is -0.385. The van der Waals surface area contributed by atoms with Crippen molar-refractivity contribution in [1.29, 1.82) is 0 Å². The minimum Gasteiger partial charge on any atom is -0.872 e. The van der Waals surface area contributed by atoms with Crippen molar-refractivity contribution in [3.05, 3.63) is 33.9 Å². The van der Waals surface area contributed by atoms with Crippen molar-refractivity contribution in [2.45, 2.75) is 0 Å². The first kappa shape index (κ1) is 12.4. The number of nitro benzene ring substituents is 1. The molecule has 0 aliphatic rings. The molecule has 0 aliphatic heterocycles. The van der Waals surface area contributed by atoms with Gasteiger partial charge in [0.05, 0.1) is 18.2 Å². The largest absolute Gasteiger partial charge is 0.872 e. The number of nitro groups is 1. The van der Waals surface area contributed by atoms with Crippen LogP contribution in [0.2, 0.25) is 0 Å². The van der Waals surface area contributed by atoms with Gasteiger partial charge < -0.3 is 9.84 Å². The fourth-order valence-electron chi connectivity index (χ4n) is 0.950. The van der Waals surface area contributed by atoms with Crippen LogP contribution >= 0.6 is 0 Å². The monoisotopic (exact) mass is 238 g/mol. The maximum absolute atomic E-state index is 11.3. The Kier molecular flexibility index (Phi) is 3.98. The minimum absolute atomic E-state index is 0.00407. The molecule has 1 N–H and O–H groups in total. The first-order valence-corrected chi connectivity index (χ1v) is 4.37. The lowest BCUT2D eigenvalue weighted by atomic mass is 10.2. The Balaban J connectivity index is 2.86. The fourth-order valence-corrected chi connectivity index (χ4v) is 0.950. The van der Waals surface area contributed by atoms with E-state index in [2.05, 4.69) is 9.84 Å². The van der Waals surface area contributed by atoms with Crippen molar-refractivity contribution >= 4 is 18.0 Å². The van der Waals surface area contributed by atoms with Crippen LogP contribution in [0.15, 0.2) is 23.3 Å². The Bertz CT molecular complexity index is 472. The van der Waals surface area contributed by atoms with E-state index in [9.17, 15) is 20.0 Å². The molecule has 8 heteroatoms. The zero-order valence-electron chi connectivity index (χ0n) is 8.75. The molecule has 1 aromatic rings. The van der Waals surface area contributed by atoms with E-state index in [1.807, 2.05) is 5.43 Å². The molecule has 0 spiro atoms. The number of benzene rings is 1. The molecule has 0 aromatic heterocycles. The second-order valence-electron chi connectivity index (χ2n) is 2.84. The summed E-state index contributed by atoms with van der Waals surface area (Å²) in [7, 11) is 1.15. The summed E-state index contributed by atoms with van der Waals surface area (Å²) >= 11 is 0. The molecule has 0 radical (unpaired) electrons. The Labute approximate surface area is 95.7 Å². The van der Waals surface area contributed by atoms with Crippen molar-refractivity contribution in [2.75, 3.05) is 7.11 Å². The lowest BCUT2D eigenvalue weighted by Crippen LogP contribution is -2.16. The molecule has 0 saturated carbocycles. The first-order chi connectivity index (χ1) is 8.04. The number of carbonyl (C=O) groups excluding carboxylic acids is 1. The number of hydrazone groups is 1. The molecule has 0 aliphatic carbocycles. The van der Waals surface area contributed by atoms with Crippen LogP contribution in [-0.4, -0.2) is 24.3 Å². The van der Waals surface area contributed by atoms with Gasteiger partial charge in [-0.15, -0.1) is 0 Å². The third-order valence-electron chi connectivity index (χ3n) is 1.75. The van der Waals surface area contributed by atoms with Gasteiger partial charge in [0.2, 0.25) is 0 Å². The number of methoxy groups -OCH3 is 1. The summed E-state index contributed by atoms with van der Waals surface area (Å²) in [5, 5.41) is 25.1. The second kappa shape index (κ2) is 5.45. The number of carbonyl (C=O) groups is 1. The van der Waals surface area contributed by atoms with Crippen molar-refractivity contribution in [2.24, 2.45) is 5.10 Å². The van der Waals surface area contributed by atoms with E-state index >= 15 is 0 Å². The third-order valence-corrected chi connectivity index (χ3v) is 1.75. The van der Waals surface area contributed by atoms with Gasteiger partial charge in [0.25, 0.3) is 5.69 Å². The highest BCUT2D eigenvalue weighted by atomic mass is 16.6. The zero-order valence-corrected chi connectivity index (χ0v) is 8.75. The van der Waals surface area contributed by atoms with E-state index in [0.29, 0.717) is 0 Å². The summed E-state index contributed by atoms with van der Waals surface area (Å²) in [5.74, 6) is -0.439. The van der Waals surface area contributed by atoms with Gasteiger partial charge in [0.1, 0.15) is 0 Å². The number of amides is 1. The Morgan fingerprint density at radius 1 is 1.59 bits per heavy atom. The van der Waals surface area contributed by atoms with E-state index in [1.165, 1.54) is 0 Å². The number of rotatable bonds is 3. The summed E-state index contributed by atoms with van der Waals surface area (Å²) < 4.78 is 4.23. The summed E-state index contributed by atoms with van der Waals surface area (Å²) in [6.07, 6.45) is 0.200. The number of hydrogen-bond acceptors (Lipinski definition) is 6. The van der Waals surface area contributed by atoms with Crippen LogP contribution in [0.5, 0.6) is 5.75 Å². The van der Waals surface area contributed by atoms with Gasteiger partial charge in [-0.05, 0) is 5.56 Å². The molecule has 0 heterocycles. The molecule has 1 rings (SSSR count). The summed E-state index contributed by atoms with van der Waals surface area (Å²) in [6, 6.07) is 3.20. The highest BCUT2D eigenvalue weighted by Crippen LogP contribution is 2.18. The van der Waals surface area contributed by atoms with E-state index < -0.39 is 16.8 Å². The van der Waals surface area contributed by atoms with E-state index in [1.54, 1.807) is 0 Å². The van der Waals surface area contributed by atoms with Crippen LogP contribution in [0.3, 0.4) is 0 Å². The molecule has 8 nitrogen and oxygen atoms in total. The summed E-state index contributed by atoms with van der Waals surface area (Å²) in [4.78, 5) is 20.5. The van der Waals surface area contributed by atoms with Gasteiger partial charge in [-0.3, -0.25) is 10.1 Å². The molecule has 1 aromatic carbocycles. The Hall–Kier alpha value is -2.64. The molecule has 0 fully saturated rings. The van der Waals surface area contributed by atoms with Crippen LogP contribution in [-0.2, 0) is 4.74 Å². The molecular weight excluding hydrogens is 230 g/mol. The third kappa shape index (κ3) is 3.45.